The van der Waals surface area contributed by atoms with Crippen LogP contribution in [0.15, 0.2) is 43.0 Å². The molecule has 0 saturated carbocycles. The quantitative estimate of drug-likeness (QED) is 0.284. The molecule has 3 aromatic rings. The number of halogens is 3. The molecule has 4 N–H and O–H groups in total. The normalized spacial score (nSPS) is 12.5. The Morgan fingerprint density at radius 2 is 1.92 bits per heavy atom. The largest absolute Gasteiger partial charge is 0.490 e. The van der Waals surface area contributed by atoms with Crippen molar-refractivity contribution in [1.82, 2.24) is 20.2 Å². The van der Waals surface area contributed by atoms with E-state index in [4.69, 9.17) is 19.7 Å². The number of rotatable bonds is 9. The Labute approximate surface area is 223 Å². The van der Waals surface area contributed by atoms with Gasteiger partial charge >= 0.3 is 18.1 Å². The first kappa shape index (κ1) is 29.3. The summed E-state index contributed by atoms with van der Waals surface area (Å²) in [4.78, 5) is 50.8. The van der Waals surface area contributed by atoms with E-state index in [1.54, 1.807) is 41.5 Å². The number of nitrogens with one attached hydrogen (secondary N) is 2. The molecule has 39 heavy (non-hydrogen) atoms. The molecular formula is C24H23F3N4O7S. The highest BCUT2D eigenvalue weighted by atomic mass is 32.1. The summed E-state index contributed by atoms with van der Waals surface area (Å²) in [6.45, 7) is 1.39. The molecule has 0 radical (unpaired) electrons. The lowest BCUT2D eigenvalue weighted by Crippen LogP contribution is -2.29. The number of fused-ring (bicyclic) bond motifs is 1. The maximum Gasteiger partial charge on any atom is 0.490 e. The van der Waals surface area contributed by atoms with Crippen molar-refractivity contribution < 1.29 is 47.3 Å². The van der Waals surface area contributed by atoms with Crippen molar-refractivity contribution in [2.24, 2.45) is 0 Å². The van der Waals surface area contributed by atoms with Crippen LogP contribution in [-0.2, 0) is 29.1 Å². The smallest absolute Gasteiger partial charge is 0.482 e. The SMILES string of the molecule is O=C(O)C(F)(F)F.O=C(O)COc1ccc(C(=O)CNC(=O)c2cc3c(s2)CCNC3)cc1Cn1ccnc1. The summed E-state index contributed by atoms with van der Waals surface area (Å²) in [7, 11) is 0. The molecule has 0 atom stereocenters. The third-order valence-corrected chi connectivity index (χ3v) is 6.50. The number of hydrogen-bond acceptors (Lipinski definition) is 8. The molecule has 0 fully saturated rings. The number of thiophene rings is 1. The number of Topliss-reactive ketones (excluding diaryl/α,β-unsaturated/α-hetero) is 1. The van der Waals surface area contributed by atoms with Crippen LogP contribution in [0.25, 0.3) is 0 Å². The van der Waals surface area contributed by atoms with Crippen LogP contribution < -0.4 is 15.4 Å². The molecule has 1 aromatic carbocycles. The Kier molecular flexibility index (Phi) is 9.78. The second kappa shape index (κ2) is 13.0. The zero-order valence-corrected chi connectivity index (χ0v) is 21.0. The van der Waals surface area contributed by atoms with Crippen LogP contribution in [0.2, 0.25) is 0 Å². The first-order chi connectivity index (χ1) is 18.4. The first-order valence-electron chi connectivity index (χ1n) is 11.3. The summed E-state index contributed by atoms with van der Waals surface area (Å²) >= 11 is 1.47. The fourth-order valence-corrected chi connectivity index (χ4v) is 4.55. The number of nitrogens with zero attached hydrogens (tertiary/aromatic N) is 2. The fraction of sp³-hybridized carbons (Fsp3) is 0.292. The number of carboxylic acid groups (broad SMARTS) is 2. The van der Waals surface area contributed by atoms with Crippen molar-refractivity contribution in [3.05, 3.63) is 69.4 Å². The van der Waals surface area contributed by atoms with Crippen molar-refractivity contribution in [3.63, 3.8) is 0 Å². The van der Waals surface area contributed by atoms with Crippen LogP contribution in [0.1, 0.15) is 36.0 Å². The van der Waals surface area contributed by atoms with E-state index in [1.807, 2.05) is 6.07 Å². The van der Waals surface area contributed by atoms with E-state index < -0.39 is 24.7 Å². The lowest BCUT2D eigenvalue weighted by atomic mass is 10.1. The number of hydrogen-bond donors (Lipinski definition) is 4. The number of carbonyl (C=O) groups is 4. The Bertz CT molecular complexity index is 1320. The minimum atomic E-state index is -5.08. The monoisotopic (exact) mass is 568 g/mol. The van der Waals surface area contributed by atoms with Gasteiger partial charge < -0.3 is 30.2 Å². The molecule has 0 spiro atoms. The topological polar surface area (TPSA) is 160 Å². The summed E-state index contributed by atoms with van der Waals surface area (Å²) in [6, 6.07) is 6.67. The van der Waals surface area contributed by atoms with E-state index in [1.165, 1.54) is 16.2 Å². The number of carboxylic acids is 2. The van der Waals surface area contributed by atoms with Gasteiger partial charge in [0.05, 0.1) is 24.3 Å². The van der Waals surface area contributed by atoms with E-state index >= 15 is 0 Å². The molecule has 1 aliphatic rings. The molecule has 0 aliphatic carbocycles. The Morgan fingerprint density at radius 3 is 2.54 bits per heavy atom. The number of amides is 1. The van der Waals surface area contributed by atoms with Gasteiger partial charge in [-0.15, -0.1) is 11.3 Å². The van der Waals surface area contributed by atoms with E-state index in [2.05, 4.69) is 15.6 Å². The summed E-state index contributed by atoms with van der Waals surface area (Å²) in [6.07, 6.45) is 0.820. The number of aromatic nitrogens is 2. The molecule has 0 saturated heterocycles. The summed E-state index contributed by atoms with van der Waals surface area (Å²) in [5.74, 6) is -3.99. The number of alkyl halides is 3. The first-order valence-corrected chi connectivity index (χ1v) is 12.1. The molecule has 11 nitrogen and oxygen atoms in total. The standard InChI is InChI=1S/C22H22N4O5S.C2HF3O2/c27-17(10-25-22(30)20-8-15-9-23-4-3-19(15)32-20)14-1-2-18(31-12-21(28)29)16(7-14)11-26-6-5-24-13-26;3-2(4,5)1(6)7/h1-2,5-8,13,23H,3-4,9-12H2,(H,25,30)(H,28,29);(H,6,7). The molecule has 0 unspecified atom stereocenters. The van der Waals surface area contributed by atoms with Crippen molar-refractivity contribution in [3.8, 4) is 5.75 Å². The maximum atomic E-state index is 12.7. The molecule has 3 heterocycles. The molecule has 208 valence electrons. The highest BCUT2D eigenvalue weighted by molar-refractivity contribution is 7.14. The van der Waals surface area contributed by atoms with Crippen LogP contribution >= 0.6 is 11.3 Å². The Balaban J connectivity index is 0.000000532. The highest BCUT2D eigenvalue weighted by Gasteiger charge is 2.38. The van der Waals surface area contributed by atoms with Crippen LogP contribution in [0.5, 0.6) is 5.75 Å². The van der Waals surface area contributed by atoms with E-state index in [0.717, 1.165) is 25.1 Å². The lowest BCUT2D eigenvalue weighted by Gasteiger charge is -2.13. The molecule has 1 aliphatic heterocycles. The van der Waals surface area contributed by atoms with E-state index in [-0.39, 0.29) is 18.2 Å². The maximum absolute atomic E-state index is 12.7. The van der Waals surface area contributed by atoms with Gasteiger partial charge in [-0.25, -0.2) is 14.6 Å². The van der Waals surface area contributed by atoms with Gasteiger partial charge in [-0.05, 0) is 36.2 Å². The van der Waals surface area contributed by atoms with Gasteiger partial charge in [0.25, 0.3) is 5.91 Å². The zero-order valence-electron chi connectivity index (χ0n) is 20.2. The van der Waals surface area contributed by atoms with E-state index in [0.29, 0.717) is 28.3 Å². The minimum absolute atomic E-state index is 0.139. The molecule has 15 heteroatoms. The van der Waals surface area contributed by atoms with Crippen molar-refractivity contribution in [2.75, 3.05) is 19.7 Å². The highest BCUT2D eigenvalue weighted by Crippen LogP contribution is 2.25. The number of imidazole rings is 1. The minimum Gasteiger partial charge on any atom is -0.482 e. The zero-order chi connectivity index (χ0) is 28.6. The average Bonchev–Trinajstić information content (AvgIpc) is 3.56. The predicted molar refractivity (Wildman–Crippen MR) is 131 cm³/mol. The van der Waals surface area contributed by atoms with Gasteiger partial charge in [0.1, 0.15) is 5.75 Å². The van der Waals surface area contributed by atoms with Gasteiger partial charge in [-0.2, -0.15) is 13.2 Å². The number of aliphatic carboxylic acids is 2. The van der Waals surface area contributed by atoms with Gasteiger partial charge in [0, 0.05) is 41.5 Å². The second-order valence-electron chi connectivity index (χ2n) is 8.13. The number of benzene rings is 1. The third kappa shape index (κ3) is 8.65. The van der Waals surface area contributed by atoms with Crippen LogP contribution in [0.4, 0.5) is 13.2 Å². The lowest BCUT2D eigenvalue weighted by molar-refractivity contribution is -0.192. The fourth-order valence-electron chi connectivity index (χ4n) is 3.45. The Morgan fingerprint density at radius 1 is 1.18 bits per heavy atom. The van der Waals surface area contributed by atoms with Crippen molar-refractivity contribution in [2.45, 2.75) is 25.7 Å². The molecule has 0 bridgehead atoms. The second-order valence-corrected chi connectivity index (χ2v) is 9.27. The van der Waals surface area contributed by atoms with Crippen molar-refractivity contribution >= 4 is 35.0 Å². The Hall–Kier alpha value is -4.24. The predicted octanol–water partition coefficient (Wildman–Crippen LogP) is 2.35. The number of carbonyl (C=O) groups excluding carboxylic acids is 2. The average molecular weight is 569 g/mol. The van der Waals surface area contributed by atoms with Gasteiger partial charge in [0.2, 0.25) is 0 Å². The molecular weight excluding hydrogens is 545 g/mol. The third-order valence-electron chi connectivity index (χ3n) is 5.26. The molecule has 1 amide bonds. The number of ether oxygens (including phenoxy) is 1. The van der Waals surface area contributed by atoms with E-state index in [9.17, 15) is 27.6 Å². The number of ketones is 1. The van der Waals surface area contributed by atoms with Crippen LogP contribution in [0.3, 0.4) is 0 Å². The molecule has 2 aromatic heterocycles. The van der Waals surface area contributed by atoms with Gasteiger partial charge in [-0.1, -0.05) is 0 Å². The summed E-state index contributed by atoms with van der Waals surface area (Å²) < 4.78 is 38.9. The van der Waals surface area contributed by atoms with Crippen LogP contribution in [-0.4, -0.2) is 69.3 Å². The summed E-state index contributed by atoms with van der Waals surface area (Å²) in [5.41, 5.74) is 2.18. The van der Waals surface area contributed by atoms with Crippen LogP contribution in [0, 0.1) is 0 Å². The molecule has 4 rings (SSSR count). The van der Waals surface area contributed by atoms with Gasteiger partial charge in [-0.3, -0.25) is 9.59 Å². The van der Waals surface area contributed by atoms with Crippen molar-refractivity contribution in [1.29, 1.82) is 0 Å². The summed E-state index contributed by atoms with van der Waals surface area (Å²) in [5, 5.41) is 22.0. The van der Waals surface area contributed by atoms with Gasteiger partial charge in [0.15, 0.2) is 12.4 Å².